The molecule has 1 aliphatic heterocycles. The van der Waals surface area contributed by atoms with Crippen molar-refractivity contribution in [2.45, 2.75) is 32.0 Å². The van der Waals surface area contributed by atoms with Gasteiger partial charge in [-0.05, 0) is 68.5 Å². The van der Waals surface area contributed by atoms with Crippen LogP contribution in [0.25, 0.3) is 0 Å². The van der Waals surface area contributed by atoms with Crippen LogP contribution in [-0.2, 0) is 9.53 Å². The van der Waals surface area contributed by atoms with E-state index < -0.39 is 0 Å². The monoisotopic (exact) mass is 479 g/mol. The van der Waals surface area contributed by atoms with E-state index in [0.717, 1.165) is 17.1 Å². The van der Waals surface area contributed by atoms with Gasteiger partial charge >= 0.3 is 0 Å². The van der Waals surface area contributed by atoms with Crippen LogP contribution in [0, 0.1) is 0 Å². The highest BCUT2D eigenvalue weighted by Crippen LogP contribution is 2.43. The summed E-state index contributed by atoms with van der Waals surface area (Å²) in [6.45, 7) is 4.26. The number of aromatic nitrogens is 2. The lowest BCUT2D eigenvalue weighted by Gasteiger charge is -2.30. The Bertz CT molecular complexity index is 1160. The molecule has 2 aromatic heterocycles. The summed E-state index contributed by atoms with van der Waals surface area (Å²) in [6.07, 6.45) is 3.87. The Balaban J connectivity index is 1.81. The summed E-state index contributed by atoms with van der Waals surface area (Å²) >= 11 is 5.83. The van der Waals surface area contributed by atoms with E-state index in [9.17, 15) is 4.79 Å². The number of methoxy groups -OCH3 is 2. The van der Waals surface area contributed by atoms with Crippen molar-refractivity contribution in [3.63, 3.8) is 0 Å². The van der Waals surface area contributed by atoms with Gasteiger partial charge < -0.3 is 29.6 Å². The molecular formula is C25H29N5O3S. The van der Waals surface area contributed by atoms with Gasteiger partial charge in [0.15, 0.2) is 5.11 Å². The van der Waals surface area contributed by atoms with Crippen LogP contribution in [0.5, 0.6) is 5.75 Å². The molecule has 2 atom stereocenters. The molecule has 34 heavy (non-hydrogen) atoms. The van der Waals surface area contributed by atoms with Gasteiger partial charge in [-0.1, -0.05) is 6.07 Å². The van der Waals surface area contributed by atoms with Crippen LogP contribution in [0.2, 0.25) is 0 Å². The Kier molecular flexibility index (Phi) is 7.14. The number of pyridine rings is 1. The molecule has 1 aromatic carbocycles. The van der Waals surface area contributed by atoms with Crippen LogP contribution < -0.4 is 20.3 Å². The number of rotatable bonds is 8. The maximum absolute atomic E-state index is 12.2. The van der Waals surface area contributed by atoms with E-state index in [2.05, 4.69) is 57.3 Å². The number of nitrogens with zero attached hydrogens (tertiary/aromatic N) is 3. The van der Waals surface area contributed by atoms with Crippen LogP contribution in [0.4, 0.5) is 11.4 Å². The third kappa shape index (κ3) is 4.62. The first-order chi connectivity index (χ1) is 16.4. The van der Waals surface area contributed by atoms with Crippen molar-refractivity contribution in [3.8, 4) is 5.75 Å². The molecule has 0 saturated carbocycles. The Labute approximate surface area is 204 Å². The van der Waals surface area contributed by atoms with Crippen molar-refractivity contribution < 1.29 is 14.3 Å². The third-order valence-electron chi connectivity index (χ3n) is 5.78. The number of hydrogen-bond acceptors (Lipinski definition) is 5. The van der Waals surface area contributed by atoms with E-state index in [-0.39, 0.29) is 30.6 Å². The summed E-state index contributed by atoms with van der Waals surface area (Å²) in [7, 11) is 3.05. The highest BCUT2D eigenvalue weighted by molar-refractivity contribution is 7.80. The summed E-state index contributed by atoms with van der Waals surface area (Å²) in [4.78, 5) is 18.9. The largest absolute Gasteiger partial charge is 0.495 e. The molecule has 1 amide bonds. The van der Waals surface area contributed by atoms with Crippen LogP contribution in [0.1, 0.15) is 43.4 Å². The van der Waals surface area contributed by atoms with E-state index >= 15 is 0 Å². The Morgan fingerprint density at radius 2 is 2.03 bits per heavy atom. The molecular weight excluding hydrogens is 450 g/mol. The zero-order valence-corrected chi connectivity index (χ0v) is 20.5. The first kappa shape index (κ1) is 23.7. The fraction of sp³-hybridized carbons (Fsp3) is 0.320. The highest BCUT2D eigenvalue weighted by Gasteiger charge is 2.42. The smallest absolute Gasteiger partial charge is 0.250 e. The summed E-state index contributed by atoms with van der Waals surface area (Å²) in [6, 6.07) is 15.6. The van der Waals surface area contributed by atoms with Gasteiger partial charge in [0, 0.05) is 36.9 Å². The zero-order chi connectivity index (χ0) is 24.2. The minimum absolute atomic E-state index is 0.0522. The first-order valence-corrected chi connectivity index (χ1v) is 11.5. The van der Waals surface area contributed by atoms with Gasteiger partial charge in [0.2, 0.25) is 5.91 Å². The van der Waals surface area contributed by atoms with E-state index in [1.807, 2.05) is 36.4 Å². The van der Waals surface area contributed by atoms with Gasteiger partial charge in [0.05, 0.1) is 24.5 Å². The topological polar surface area (TPSA) is 80.7 Å². The SMILES string of the molecule is COCC(=O)Nc1cc(N2C(=S)NC(c3ccccn3)C2c2cccn2C(C)C)ccc1OC. The van der Waals surface area contributed by atoms with Crippen LogP contribution in [-0.4, -0.2) is 41.4 Å². The molecule has 1 fully saturated rings. The number of nitrogens with one attached hydrogen (secondary N) is 2. The van der Waals surface area contributed by atoms with Crippen molar-refractivity contribution in [2.75, 3.05) is 31.0 Å². The fourth-order valence-corrected chi connectivity index (χ4v) is 4.67. The molecule has 1 saturated heterocycles. The summed E-state index contributed by atoms with van der Waals surface area (Å²) < 4.78 is 12.7. The number of amides is 1. The molecule has 3 aromatic rings. The quantitative estimate of drug-likeness (QED) is 0.468. The van der Waals surface area contributed by atoms with Gasteiger partial charge in [0.25, 0.3) is 0 Å². The second kappa shape index (κ2) is 10.2. The van der Waals surface area contributed by atoms with Gasteiger partial charge in [-0.2, -0.15) is 0 Å². The number of hydrogen-bond donors (Lipinski definition) is 2. The average Bonchev–Trinajstić information content (AvgIpc) is 3.44. The van der Waals surface area contributed by atoms with Gasteiger partial charge in [-0.25, -0.2) is 0 Å². The van der Waals surface area contributed by atoms with Crippen molar-refractivity contribution in [2.24, 2.45) is 0 Å². The van der Waals surface area contributed by atoms with Crippen molar-refractivity contribution in [1.29, 1.82) is 0 Å². The molecule has 0 radical (unpaired) electrons. The predicted molar refractivity (Wildman–Crippen MR) is 136 cm³/mol. The number of anilines is 2. The second-order valence-electron chi connectivity index (χ2n) is 8.30. The molecule has 2 unspecified atom stereocenters. The minimum Gasteiger partial charge on any atom is -0.495 e. The number of ether oxygens (including phenoxy) is 2. The molecule has 8 nitrogen and oxygen atoms in total. The molecule has 3 heterocycles. The lowest BCUT2D eigenvalue weighted by atomic mass is 10.0. The molecule has 0 aliphatic carbocycles. The van der Waals surface area contributed by atoms with Gasteiger partial charge in [-0.15, -0.1) is 0 Å². The lowest BCUT2D eigenvalue weighted by Crippen LogP contribution is -2.30. The molecule has 178 valence electrons. The maximum atomic E-state index is 12.2. The Morgan fingerprint density at radius 1 is 1.21 bits per heavy atom. The van der Waals surface area contributed by atoms with Crippen LogP contribution >= 0.6 is 12.2 Å². The second-order valence-corrected chi connectivity index (χ2v) is 8.68. The summed E-state index contributed by atoms with van der Waals surface area (Å²) in [5.41, 5.74) is 3.38. The average molecular weight is 480 g/mol. The highest BCUT2D eigenvalue weighted by atomic mass is 32.1. The molecule has 1 aliphatic rings. The maximum Gasteiger partial charge on any atom is 0.250 e. The molecule has 4 rings (SSSR count). The Hall–Kier alpha value is -3.43. The van der Waals surface area contributed by atoms with E-state index in [0.29, 0.717) is 16.5 Å². The van der Waals surface area contributed by atoms with Crippen LogP contribution in [0.3, 0.4) is 0 Å². The Morgan fingerprint density at radius 3 is 2.71 bits per heavy atom. The zero-order valence-electron chi connectivity index (χ0n) is 19.7. The molecule has 0 bridgehead atoms. The van der Waals surface area contributed by atoms with E-state index in [4.69, 9.17) is 21.7 Å². The summed E-state index contributed by atoms with van der Waals surface area (Å²) in [5.74, 6) is 0.284. The number of carbonyl (C=O) groups excluding carboxylic acids is 1. The van der Waals surface area contributed by atoms with E-state index in [1.165, 1.54) is 7.11 Å². The molecule has 0 spiro atoms. The molecule has 9 heteroatoms. The van der Waals surface area contributed by atoms with E-state index in [1.54, 1.807) is 13.3 Å². The van der Waals surface area contributed by atoms with Crippen LogP contribution in [0.15, 0.2) is 60.9 Å². The number of benzene rings is 1. The lowest BCUT2D eigenvalue weighted by molar-refractivity contribution is -0.119. The molecule has 2 N–H and O–H groups in total. The predicted octanol–water partition coefficient (Wildman–Crippen LogP) is 4.23. The standard InChI is InChI=1S/C25H29N5O3S/c1-16(2)29-13-7-9-20(29)24-23(18-8-5-6-12-26-18)28-25(34)30(24)17-10-11-21(33-4)19(14-17)27-22(31)15-32-3/h5-14,16,23-24H,15H2,1-4H3,(H,27,31)(H,28,34). The van der Waals surface area contributed by atoms with Gasteiger partial charge in [-0.3, -0.25) is 9.78 Å². The number of carbonyl (C=O) groups is 1. The van der Waals surface area contributed by atoms with Gasteiger partial charge in [0.1, 0.15) is 18.4 Å². The normalized spacial score (nSPS) is 17.7. The first-order valence-electron chi connectivity index (χ1n) is 11.1. The number of thiocarbonyl (C=S) groups is 1. The van der Waals surface area contributed by atoms with Crippen molar-refractivity contribution >= 4 is 34.6 Å². The fourth-order valence-electron chi connectivity index (χ4n) is 4.32. The summed E-state index contributed by atoms with van der Waals surface area (Å²) in [5, 5.41) is 6.92. The minimum atomic E-state index is -0.267. The third-order valence-corrected chi connectivity index (χ3v) is 6.09. The van der Waals surface area contributed by atoms with Crippen molar-refractivity contribution in [1.82, 2.24) is 14.9 Å². The van der Waals surface area contributed by atoms with Crippen molar-refractivity contribution in [3.05, 3.63) is 72.3 Å².